The molecule has 2 atom stereocenters. The summed E-state index contributed by atoms with van der Waals surface area (Å²) in [5.74, 6) is -0.0581. The van der Waals surface area contributed by atoms with E-state index < -0.39 is 11.7 Å². The van der Waals surface area contributed by atoms with E-state index in [1.54, 1.807) is 0 Å². The van der Waals surface area contributed by atoms with E-state index in [0.717, 1.165) is 18.7 Å². The molecule has 17 heavy (non-hydrogen) atoms. The molecule has 2 nitrogen and oxygen atoms in total. The van der Waals surface area contributed by atoms with Crippen molar-refractivity contribution in [2.45, 2.75) is 38.9 Å². The fourth-order valence-corrected chi connectivity index (χ4v) is 1.63. The van der Waals surface area contributed by atoms with E-state index in [1.165, 1.54) is 6.20 Å². The van der Waals surface area contributed by atoms with E-state index in [4.69, 9.17) is 0 Å². The Morgan fingerprint density at radius 2 is 2.00 bits per heavy atom. The van der Waals surface area contributed by atoms with Gasteiger partial charge in [-0.05, 0) is 25.6 Å². The third-order valence-corrected chi connectivity index (χ3v) is 2.85. The summed E-state index contributed by atoms with van der Waals surface area (Å²) in [4.78, 5) is 4.02. The molecule has 1 rings (SSSR count). The van der Waals surface area contributed by atoms with E-state index in [2.05, 4.69) is 10.3 Å². The highest BCUT2D eigenvalue weighted by Crippen LogP contribution is 2.30. The number of nitrogens with one attached hydrogen (secondary N) is 1. The first-order valence-corrected chi connectivity index (χ1v) is 5.62. The fourth-order valence-electron chi connectivity index (χ4n) is 1.63. The predicted octanol–water partition coefficient (Wildman–Crippen LogP) is 3.20. The van der Waals surface area contributed by atoms with Crippen LogP contribution in [0.2, 0.25) is 0 Å². The first-order valence-electron chi connectivity index (χ1n) is 5.62. The molecule has 0 saturated heterocycles. The number of rotatable bonds is 4. The van der Waals surface area contributed by atoms with Crippen molar-refractivity contribution in [1.82, 2.24) is 10.3 Å². The molecule has 1 aromatic heterocycles. The molecule has 0 radical (unpaired) electrons. The van der Waals surface area contributed by atoms with E-state index in [0.29, 0.717) is 5.69 Å². The lowest BCUT2D eigenvalue weighted by Crippen LogP contribution is -2.31. The highest BCUT2D eigenvalue weighted by Gasteiger charge is 2.31. The minimum atomic E-state index is -4.31. The van der Waals surface area contributed by atoms with Crippen LogP contribution in [-0.4, -0.2) is 17.6 Å². The third-order valence-electron chi connectivity index (χ3n) is 2.85. The van der Waals surface area contributed by atoms with Crippen LogP contribution in [0, 0.1) is 0 Å². The quantitative estimate of drug-likeness (QED) is 0.882. The molecular formula is C12H17F3N2. The van der Waals surface area contributed by atoms with Crippen molar-refractivity contribution in [2.75, 3.05) is 6.54 Å². The Kier molecular flexibility index (Phi) is 4.51. The van der Waals surface area contributed by atoms with Crippen molar-refractivity contribution in [1.29, 1.82) is 0 Å². The first kappa shape index (κ1) is 14.0. The Labute approximate surface area is 99.3 Å². The highest BCUT2D eigenvalue weighted by molar-refractivity contribution is 5.22. The zero-order chi connectivity index (χ0) is 13.1. The average Bonchev–Trinajstić information content (AvgIpc) is 2.27. The zero-order valence-corrected chi connectivity index (χ0v) is 10.2. The Morgan fingerprint density at radius 3 is 2.53 bits per heavy atom. The summed E-state index contributed by atoms with van der Waals surface area (Å²) in [5, 5.41) is 3.18. The van der Waals surface area contributed by atoms with Gasteiger partial charge in [0.1, 0.15) is 0 Å². The van der Waals surface area contributed by atoms with E-state index in [1.807, 2.05) is 20.8 Å². The lowest BCUT2D eigenvalue weighted by atomic mass is 9.98. The molecular weight excluding hydrogens is 229 g/mol. The van der Waals surface area contributed by atoms with Crippen molar-refractivity contribution in [3.63, 3.8) is 0 Å². The number of halogens is 3. The van der Waals surface area contributed by atoms with Crippen LogP contribution in [0.3, 0.4) is 0 Å². The van der Waals surface area contributed by atoms with Gasteiger partial charge in [0.25, 0.3) is 0 Å². The van der Waals surface area contributed by atoms with Crippen molar-refractivity contribution >= 4 is 0 Å². The van der Waals surface area contributed by atoms with Crippen molar-refractivity contribution in [3.05, 3.63) is 29.6 Å². The summed E-state index contributed by atoms with van der Waals surface area (Å²) in [7, 11) is 0. The number of pyridine rings is 1. The molecule has 0 aromatic carbocycles. The summed E-state index contributed by atoms with van der Waals surface area (Å²) >= 11 is 0. The molecule has 0 aliphatic carbocycles. The maximum atomic E-state index is 12.5. The molecule has 0 saturated carbocycles. The van der Waals surface area contributed by atoms with Crippen LogP contribution in [-0.2, 0) is 6.18 Å². The van der Waals surface area contributed by atoms with Gasteiger partial charge in [-0.1, -0.05) is 13.8 Å². The summed E-state index contributed by atoms with van der Waals surface area (Å²) in [6.45, 7) is 6.55. The summed E-state index contributed by atoms with van der Waals surface area (Å²) < 4.78 is 37.6. The van der Waals surface area contributed by atoms with Crippen molar-refractivity contribution in [2.24, 2.45) is 0 Å². The number of alkyl halides is 3. The number of aromatic nitrogens is 1. The second-order valence-corrected chi connectivity index (χ2v) is 4.10. The normalized spacial score (nSPS) is 15.6. The Bertz CT molecular complexity index is 363. The average molecular weight is 246 g/mol. The first-order chi connectivity index (χ1) is 7.86. The molecule has 5 heteroatoms. The maximum absolute atomic E-state index is 12.5. The molecule has 0 amide bonds. The number of hydrogen-bond acceptors (Lipinski definition) is 2. The van der Waals surface area contributed by atoms with E-state index in [9.17, 15) is 13.2 Å². The third kappa shape index (κ3) is 3.70. The van der Waals surface area contributed by atoms with Crippen LogP contribution in [0.25, 0.3) is 0 Å². The van der Waals surface area contributed by atoms with Crippen molar-refractivity contribution < 1.29 is 13.2 Å². The maximum Gasteiger partial charge on any atom is 0.416 e. The molecule has 0 bridgehead atoms. The van der Waals surface area contributed by atoms with Crippen LogP contribution in [0.4, 0.5) is 13.2 Å². The monoisotopic (exact) mass is 246 g/mol. The zero-order valence-electron chi connectivity index (χ0n) is 10.2. The Hall–Kier alpha value is -1.10. The summed E-state index contributed by atoms with van der Waals surface area (Å²) in [6, 6.07) is 2.21. The highest BCUT2D eigenvalue weighted by atomic mass is 19.4. The Morgan fingerprint density at radius 1 is 1.35 bits per heavy atom. The van der Waals surface area contributed by atoms with Crippen LogP contribution < -0.4 is 5.32 Å². The van der Waals surface area contributed by atoms with Crippen molar-refractivity contribution in [3.8, 4) is 0 Å². The van der Waals surface area contributed by atoms with Gasteiger partial charge < -0.3 is 5.32 Å². The fraction of sp³-hybridized carbons (Fsp3) is 0.583. The van der Waals surface area contributed by atoms with Gasteiger partial charge in [0.15, 0.2) is 0 Å². The van der Waals surface area contributed by atoms with E-state index in [-0.39, 0.29) is 12.0 Å². The van der Waals surface area contributed by atoms with E-state index >= 15 is 0 Å². The molecule has 96 valence electrons. The molecule has 0 fully saturated rings. The number of hydrogen-bond donors (Lipinski definition) is 1. The minimum Gasteiger partial charge on any atom is -0.314 e. The smallest absolute Gasteiger partial charge is 0.314 e. The van der Waals surface area contributed by atoms with Gasteiger partial charge in [-0.25, -0.2) is 0 Å². The second-order valence-electron chi connectivity index (χ2n) is 4.10. The van der Waals surface area contributed by atoms with Gasteiger partial charge in [0, 0.05) is 23.9 Å². The number of nitrogens with zero attached hydrogens (tertiary/aromatic N) is 1. The van der Waals surface area contributed by atoms with Gasteiger partial charge in [0.05, 0.1) is 5.56 Å². The lowest BCUT2D eigenvalue weighted by molar-refractivity contribution is -0.137. The van der Waals surface area contributed by atoms with Crippen LogP contribution in [0.5, 0.6) is 0 Å². The molecule has 0 aliphatic heterocycles. The Balaban J connectivity index is 2.92. The summed E-state index contributed by atoms with van der Waals surface area (Å²) in [6.07, 6.45) is -3.09. The molecule has 2 unspecified atom stereocenters. The predicted molar refractivity (Wildman–Crippen MR) is 60.8 cm³/mol. The lowest BCUT2D eigenvalue weighted by Gasteiger charge is -2.20. The van der Waals surface area contributed by atoms with Gasteiger partial charge in [0.2, 0.25) is 0 Å². The second kappa shape index (κ2) is 5.49. The van der Waals surface area contributed by atoms with Gasteiger partial charge in [-0.15, -0.1) is 0 Å². The standard InChI is InChI=1S/C12H17F3N2/c1-4-16-9(3)8(2)11-7-10(5-6-17-11)12(13,14)15/h5-9,16H,4H2,1-3H3. The molecule has 1 N–H and O–H groups in total. The topological polar surface area (TPSA) is 24.9 Å². The SMILES string of the molecule is CCNC(C)C(C)c1cc(C(F)(F)F)ccn1. The van der Waals surface area contributed by atoms with Crippen LogP contribution in [0.1, 0.15) is 37.9 Å². The van der Waals surface area contributed by atoms with Gasteiger partial charge in [-0.2, -0.15) is 13.2 Å². The van der Waals surface area contributed by atoms with Crippen LogP contribution >= 0.6 is 0 Å². The largest absolute Gasteiger partial charge is 0.416 e. The minimum absolute atomic E-state index is 0.0581. The molecule has 1 aromatic rings. The molecule has 0 aliphatic rings. The van der Waals surface area contributed by atoms with Crippen LogP contribution in [0.15, 0.2) is 18.3 Å². The summed E-state index contributed by atoms with van der Waals surface area (Å²) in [5.41, 5.74) is -0.175. The number of likely N-dealkylation sites (N-methyl/N-ethyl adjacent to an activating group) is 1. The van der Waals surface area contributed by atoms with Gasteiger partial charge in [-0.3, -0.25) is 4.98 Å². The van der Waals surface area contributed by atoms with Gasteiger partial charge >= 0.3 is 6.18 Å². The molecule has 0 spiro atoms. The molecule has 1 heterocycles.